The van der Waals surface area contributed by atoms with Crippen LogP contribution in [0.4, 0.5) is 0 Å². The van der Waals surface area contributed by atoms with Gasteiger partial charge in [0.25, 0.3) is 0 Å². The van der Waals surface area contributed by atoms with Crippen LogP contribution < -0.4 is 14.9 Å². The summed E-state index contributed by atoms with van der Waals surface area (Å²) in [6.45, 7) is 5.75. The largest absolute Gasteiger partial charge is 0.486 e. The first-order valence-corrected chi connectivity index (χ1v) is 11.6. The summed E-state index contributed by atoms with van der Waals surface area (Å²) in [4.78, 5) is 23.2. The third kappa shape index (κ3) is 6.46. The van der Waals surface area contributed by atoms with Gasteiger partial charge in [-0.25, -0.2) is 10.2 Å². The fourth-order valence-electron chi connectivity index (χ4n) is 3.61. The molecule has 0 saturated carbocycles. The standard InChI is InChI=1S/C28H27N3O6/c1-18-4-5-19(2)31(18)22-8-12-23(13-9-22)35-17-25-14-15-26(37-25)27(32)30-29-16-21-6-10-24(11-7-21)36-20(3)28(33)34/h4-16,20H,17H2,1-3H3,(H,30,32)(H,33,34)/b29-16+/t20-/m1/s1. The SMILES string of the molecule is Cc1ccc(C)n1-c1ccc(OCc2ccc(C(=O)N/N=C/c3ccc(O[C@H](C)C(=O)O)cc3)o2)cc1. The Balaban J connectivity index is 1.26. The van der Waals surface area contributed by atoms with Crippen molar-refractivity contribution in [3.8, 4) is 17.2 Å². The quantitative estimate of drug-likeness (QED) is 0.236. The minimum Gasteiger partial charge on any atom is -0.486 e. The number of amides is 1. The number of furan rings is 1. The number of aryl methyl sites for hydroxylation is 2. The van der Waals surface area contributed by atoms with E-state index in [9.17, 15) is 9.59 Å². The maximum atomic E-state index is 12.3. The normalized spacial score (nSPS) is 11.9. The van der Waals surface area contributed by atoms with E-state index < -0.39 is 18.0 Å². The van der Waals surface area contributed by atoms with Crippen LogP contribution in [0.2, 0.25) is 0 Å². The van der Waals surface area contributed by atoms with E-state index in [1.54, 1.807) is 36.4 Å². The monoisotopic (exact) mass is 501 g/mol. The van der Waals surface area contributed by atoms with Gasteiger partial charge in [0.05, 0.1) is 6.21 Å². The highest BCUT2D eigenvalue weighted by Gasteiger charge is 2.13. The van der Waals surface area contributed by atoms with E-state index in [-0.39, 0.29) is 12.4 Å². The Bertz CT molecular complexity index is 1380. The molecule has 2 aromatic heterocycles. The number of carboxylic acid groups (broad SMARTS) is 1. The number of benzene rings is 2. The Morgan fingerprint density at radius 1 is 0.973 bits per heavy atom. The van der Waals surface area contributed by atoms with E-state index in [4.69, 9.17) is 19.0 Å². The molecule has 4 rings (SSSR count). The van der Waals surface area contributed by atoms with E-state index in [0.717, 1.165) is 17.1 Å². The summed E-state index contributed by atoms with van der Waals surface area (Å²) in [6, 6.07) is 21.8. The molecule has 37 heavy (non-hydrogen) atoms. The summed E-state index contributed by atoms with van der Waals surface area (Å²) < 4.78 is 18.8. The van der Waals surface area contributed by atoms with Crippen LogP contribution in [0, 0.1) is 13.8 Å². The number of ether oxygens (including phenoxy) is 2. The van der Waals surface area contributed by atoms with Gasteiger partial charge in [0.1, 0.15) is 23.9 Å². The highest BCUT2D eigenvalue weighted by Crippen LogP contribution is 2.21. The highest BCUT2D eigenvalue weighted by atomic mass is 16.5. The molecule has 190 valence electrons. The lowest BCUT2D eigenvalue weighted by atomic mass is 10.2. The summed E-state index contributed by atoms with van der Waals surface area (Å²) in [7, 11) is 0. The summed E-state index contributed by atoms with van der Waals surface area (Å²) in [5.41, 5.74) is 6.48. The molecular formula is C28H27N3O6. The number of rotatable bonds is 10. The van der Waals surface area contributed by atoms with Crippen LogP contribution in [0.1, 0.15) is 40.2 Å². The van der Waals surface area contributed by atoms with Crippen LogP contribution in [0.15, 0.2) is 82.3 Å². The molecule has 0 fully saturated rings. The second-order valence-electron chi connectivity index (χ2n) is 8.37. The van der Waals surface area contributed by atoms with Crippen molar-refractivity contribution in [2.75, 3.05) is 0 Å². The van der Waals surface area contributed by atoms with Gasteiger partial charge < -0.3 is 23.6 Å². The Morgan fingerprint density at radius 3 is 2.27 bits per heavy atom. The van der Waals surface area contributed by atoms with E-state index in [1.165, 1.54) is 13.1 Å². The molecule has 0 aliphatic rings. The second kappa shape index (κ2) is 11.3. The molecule has 9 nitrogen and oxygen atoms in total. The molecule has 1 amide bonds. The number of aromatic nitrogens is 1. The molecule has 0 bridgehead atoms. The van der Waals surface area contributed by atoms with Crippen molar-refractivity contribution >= 4 is 18.1 Å². The topological polar surface area (TPSA) is 115 Å². The number of carboxylic acids is 1. The Morgan fingerprint density at radius 2 is 1.62 bits per heavy atom. The van der Waals surface area contributed by atoms with Crippen molar-refractivity contribution in [2.24, 2.45) is 5.10 Å². The van der Waals surface area contributed by atoms with Crippen LogP contribution in [0.25, 0.3) is 5.69 Å². The molecule has 0 spiro atoms. The number of carbonyl (C=O) groups excluding carboxylic acids is 1. The molecule has 1 atom stereocenters. The van der Waals surface area contributed by atoms with Crippen LogP contribution in [0.5, 0.6) is 11.5 Å². The van der Waals surface area contributed by atoms with Crippen molar-refractivity contribution in [1.29, 1.82) is 0 Å². The van der Waals surface area contributed by atoms with Gasteiger partial charge in [-0.1, -0.05) is 0 Å². The van der Waals surface area contributed by atoms with Crippen molar-refractivity contribution < 1.29 is 28.6 Å². The summed E-state index contributed by atoms with van der Waals surface area (Å²) in [5.74, 6) is 0.168. The van der Waals surface area contributed by atoms with Crippen molar-refractivity contribution in [2.45, 2.75) is 33.5 Å². The zero-order valence-corrected chi connectivity index (χ0v) is 20.7. The van der Waals surface area contributed by atoms with Gasteiger partial charge in [-0.05, 0) is 99.1 Å². The highest BCUT2D eigenvalue weighted by molar-refractivity contribution is 5.92. The van der Waals surface area contributed by atoms with Gasteiger partial charge in [-0.2, -0.15) is 5.10 Å². The smallest absolute Gasteiger partial charge is 0.344 e. The average molecular weight is 502 g/mol. The lowest BCUT2D eigenvalue weighted by Gasteiger charge is -2.10. The third-order valence-electron chi connectivity index (χ3n) is 5.55. The number of carbonyl (C=O) groups is 2. The number of nitrogens with zero attached hydrogens (tertiary/aromatic N) is 2. The van der Waals surface area contributed by atoms with Gasteiger partial charge in [0.2, 0.25) is 0 Å². The fourth-order valence-corrected chi connectivity index (χ4v) is 3.61. The summed E-state index contributed by atoms with van der Waals surface area (Å²) >= 11 is 0. The molecule has 2 N–H and O–H groups in total. The summed E-state index contributed by atoms with van der Waals surface area (Å²) in [6.07, 6.45) is 0.502. The second-order valence-corrected chi connectivity index (χ2v) is 8.37. The van der Waals surface area contributed by atoms with Gasteiger partial charge in [0, 0.05) is 17.1 Å². The van der Waals surface area contributed by atoms with Gasteiger partial charge in [-0.15, -0.1) is 0 Å². The first-order valence-electron chi connectivity index (χ1n) is 11.6. The molecule has 2 aromatic carbocycles. The molecule has 0 unspecified atom stereocenters. The van der Waals surface area contributed by atoms with Gasteiger partial charge in [0.15, 0.2) is 11.9 Å². The summed E-state index contributed by atoms with van der Waals surface area (Å²) in [5, 5.41) is 12.8. The predicted octanol–water partition coefficient (Wildman–Crippen LogP) is 4.88. The van der Waals surface area contributed by atoms with Crippen molar-refractivity contribution in [3.05, 3.63) is 101 Å². The number of nitrogens with one attached hydrogen (secondary N) is 1. The molecular weight excluding hydrogens is 474 g/mol. The molecule has 9 heteroatoms. The lowest BCUT2D eigenvalue weighted by Crippen LogP contribution is -2.22. The Labute approximate surface area is 213 Å². The Hall–Kier alpha value is -4.79. The number of hydrogen-bond acceptors (Lipinski definition) is 6. The van der Waals surface area contributed by atoms with Gasteiger partial charge >= 0.3 is 11.9 Å². The van der Waals surface area contributed by atoms with Crippen LogP contribution in [-0.2, 0) is 11.4 Å². The minimum absolute atomic E-state index is 0.107. The Kier molecular flexibility index (Phi) is 7.73. The minimum atomic E-state index is -1.05. The number of aliphatic carboxylic acids is 1. The molecule has 0 radical (unpaired) electrons. The van der Waals surface area contributed by atoms with E-state index in [0.29, 0.717) is 22.8 Å². The number of hydrazone groups is 1. The van der Waals surface area contributed by atoms with Crippen LogP contribution in [0.3, 0.4) is 0 Å². The zero-order valence-electron chi connectivity index (χ0n) is 20.7. The number of hydrogen-bond donors (Lipinski definition) is 2. The predicted molar refractivity (Wildman–Crippen MR) is 138 cm³/mol. The first kappa shape index (κ1) is 25.3. The molecule has 0 saturated heterocycles. The maximum Gasteiger partial charge on any atom is 0.344 e. The fraction of sp³-hybridized carbons (Fsp3) is 0.179. The molecule has 0 aliphatic carbocycles. The van der Waals surface area contributed by atoms with Gasteiger partial charge in [-0.3, -0.25) is 4.79 Å². The van der Waals surface area contributed by atoms with E-state index >= 15 is 0 Å². The first-order chi connectivity index (χ1) is 17.8. The third-order valence-corrected chi connectivity index (χ3v) is 5.55. The lowest BCUT2D eigenvalue weighted by molar-refractivity contribution is -0.144. The molecule has 0 aliphatic heterocycles. The average Bonchev–Trinajstić information content (AvgIpc) is 3.50. The van der Waals surface area contributed by atoms with E-state index in [2.05, 4.69) is 41.1 Å². The van der Waals surface area contributed by atoms with Crippen LogP contribution >= 0.6 is 0 Å². The van der Waals surface area contributed by atoms with Crippen LogP contribution in [-0.4, -0.2) is 33.9 Å². The molecule has 4 aromatic rings. The maximum absolute atomic E-state index is 12.3. The van der Waals surface area contributed by atoms with Crippen molar-refractivity contribution in [1.82, 2.24) is 9.99 Å². The van der Waals surface area contributed by atoms with E-state index in [1.807, 2.05) is 24.3 Å². The zero-order chi connectivity index (χ0) is 26.4. The van der Waals surface area contributed by atoms with Crippen molar-refractivity contribution in [3.63, 3.8) is 0 Å². The molecule has 2 heterocycles.